The van der Waals surface area contributed by atoms with E-state index in [9.17, 15) is 14.3 Å². The lowest BCUT2D eigenvalue weighted by Gasteiger charge is -2.14. The summed E-state index contributed by atoms with van der Waals surface area (Å²) in [6.07, 6.45) is -0.197. The summed E-state index contributed by atoms with van der Waals surface area (Å²) in [5.74, 6) is -1.51. The first-order chi connectivity index (χ1) is 7.47. The summed E-state index contributed by atoms with van der Waals surface area (Å²) in [6, 6.07) is 1.58. The Labute approximate surface area is 112 Å². The number of esters is 1. The van der Waals surface area contributed by atoms with E-state index in [0.29, 0.717) is 4.47 Å². The van der Waals surface area contributed by atoms with Crippen molar-refractivity contribution in [1.29, 1.82) is 0 Å². The summed E-state index contributed by atoms with van der Waals surface area (Å²) in [7, 11) is 1.21. The molecule has 0 fully saturated rings. The standard InChI is InChI=1S/C10H11BrFNO3.ClH/c1-16-8(14)4-7(13)9-6(12)3-2-5(11)10(9)15;/h2-3,7,15H,4,13H2,1H3;1H/t7-;/m1./s1. The van der Waals surface area contributed by atoms with Gasteiger partial charge in [-0.15, -0.1) is 12.4 Å². The van der Waals surface area contributed by atoms with Gasteiger partial charge in [-0.25, -0.2) is 4.39 Å². The number of methoxy groups -OCH3 is 1. The molecule has 0 aliphatic heterocycles. The molecule has 0 aliphatic rings. The highest BCUT2D eigenvalue weighted by molar-refractivity contribution is 9.10. The van der Waals surface area contributed by atoms with Gasteiger partial charge in [0.15, 0.2) is 0 Å². The lowest BCUT2D eigenvalue weighted by atomic mass is 10.0. The Balaban J connectivity index is 0.00000256. The first-order valence-corrected chi connectivity index (χ1v) is 5.26. The monoisotopic (exact) mass is 327 g/mol. The minimum absolute atomic E-state index is 0. The van der Waals surface area contributed by atoms with Crippen LogP contribution in [0.4, 0.5) is 4.39 Å². The fraction of sp³-hybridized carbons (Fsp3) is 0.300. The second-order valence-corrected chi connectivity index (χ2v) is 4.03. The van der Waals surface area contributed by atoms with Gasteiger partial charge in [0.1, 0.15) is 11.6 Å². The molecule has 1 aromatic carbocycles. The molecule has 0 radical (unpaired) electrons. The van der Waals surface area contributed by atoms with E-state index in [1.165, 1.54) is 13.2 Å². The third kappa shape index (κ3) is 3.83. The van der Waals surface area contributed by atoms with Crippen LogP contribution in [-0.4, -0.2) is 18.2 Å². The number of rotatable bonds is 3. The van der Waals surface area contributed by atoms with Crippen LogP contribution in [-0.2, 0) is 9.53 Å². The SMILES string of the molecule is COC(=O)C[C@@H](N)c1c(F)ccc(Br)c1O.Cl. The predicted molar refractivity (Wildman–Crippen MR) is 66.6 cm³/mol. The second kappa shape index (κ2) is 6.78. The number of aromatic hydroxyl groups is 1. The lowest BCUT2D eigenvalue weighted by Crippen LogP contribution is -2.17. The molecule has 0 saturated carbocycles. The van der Waals surface area contributed by atoms with E-state index >= 15 is 0 Å². The normalized spacial score (nSPS) is 11.5. The van der Waals surface area contributed by atoms with E-state index < -0.39 is 17.8 Å². The molecule has 0 saturated heterocycles. The van der Waals surface area contributed by atoms with Gasteiger partial charge in [-0.1, -0.05) is 0 Å². The van der Waals surface area contributed by atoms with Gasteiger partial charge in [0, 0.05) is 11.6 Å². The molecule has 1 aromatic rings. The molecule has 17 heavy (non-hydrogen) atoms. The number of hydrogen-bond donors (Lipinski definition) is 2. The molecule has 1 atom stereocenters. The number of phenols is 1. The largest absolute Gasteiger partial charge is 0.506 e. The molecular weight excluding hydrogens is 316 g/mol. The number of ether oxygens (including phenoxy) is 1. The Morgan fingerprint density at radius 2 is 2.24 bits per heavy atom. The molecule has 0 aromatic heterocycles. The maximum Gasteiger partial charge on any atom is 0.307 e. The van der Waals surface area contributed by atoms with Gasteiger partial charge in [-0.3, -0.25) is 4.79 Å². The lowest BCUT2D eigenvalue weighted by molar-refractivity contribution is -0.141. The topological polar surface area (TPSA) is 72.5 Å². The minimum atomic E-state index is -0.940. The molecule has 3 N–H and O–H groups in total. The van der Waals surface area contributed by atoms with Gasteiger partial charge in [-0.05, 0) is 28.1 Å². The molecule has 7 heteroatoms. The van der Waals surface area contributed by atoms with E-state index in [0.717, 1.165) is 6.07 Å². The van der Waals surface area contributed by atoms with Crippen LogP contribution in [0.2, 0.25) is 0 Å². The number of halogens is 3. The van der Waals surface area contributed by atoms with Crippen molar-refractivity contribution in [3.05, 3.63) is 28.0 Å². The number of benzene rings is 1. The van der Waals surface area contributed by atoms with E-state index in [1.807, 2.05) is 0 Å². The summed E-state index contributed by atoms with van der Waals surface area (Å²) in [6.45, 7) is 0. The maximum atomic E-state index is 13.4. The van der Waals surface area contributed by atoms with Gasteiger partial charge >= 0.3 is 5.97 Å². The van der Waals surface area contributed by atoms with Crippen LogP contribution < -0.4 is 5.73 Å². The van der Waals surface area contributed by atoms with Crippen molar-refractivity contribution in [1.82, 2.24) is 0 Å². The molecule has 0 heterocycles. The summed E-state index contributed by atoms with van der Waals surface area (Å²) in [5, 5.41) is 9.62. The van der Waals surface area contributed by atoms with Crippen LogP contribution in [0.5, 0.6) is 5.75 Å². The van der Waals surface area contributed by atoms with Crippen molar-refractivity contribution in [2.24, 2.45) is 5.73 Å². The molecule has 1 rings (SSSR count). The first kappa shape index (κ1) is 16.1. The third-order valence-electron chi connectivity index (χ3n) is 2.10. The zero-order chi connectivity index (χ0) is 12.3. The zero-order valence-electron chi connectivity index (χ0n) is 8.94. The third-order valence-corrected chi connectivity index (χ3v) is 2.74. The Bertz CT molecular complexity index is 417. The fourth-order valence-corrected chi connectivity index (χ4v) is 1.62. The number of carbonyl (C=O) groups excluding carboxylic acids is 1. The quantitative estimate of drug-likeness (QED) is 0.835. The van der Waals surface area contributed by atoms with E-state index in [-0.39, 0.29) is 30.1 Å². The predicted octanol–water partition coefficient (Wildman–Crippen LogP) is 2.28. The smallest absolute Gasteiger partial charge is 0.307 e. The minimum Gasteiger partial charge on any atom is -0.506 e. The van der Waals surface area contributed by atoms with Crippen molar-refractivity contribution < 1.29 is 19.0 Å². The highest BCUT2D eigenvalue weighted by Crippen LogP contribution is 2.34. The van der Waals surface area contributed by atoms with Gasteiger partial charge in [0.25, 0.3) is 0 Å². The fourth-order valence-electron chi connectivity index (χ4n) is 1.27. The van der Waals surface area contributed by atoms with Crippen LogP contribution in [0.1, 0.15) is 18.0 Å². The number of carbonyl (C=O) groups is 1. The molecular formula is C10H12BrClFNO3. The van der Waals surface area contributed by atoms with Crippen LogP contribution in [0, 0.1) is 5.82 Å². The zero-order valence-corrected chi connectivity index (χ0v) is 11.3. The van der Waals surface area contributed by atoms with E-state index in [4.69, 9.17) is 5.73 Å². The van der Waals surface area contributed by atoms with Crippen LogP contribution in [0.15, 0.2) is 16.6 Å². The van der Waals surface area contributed by atoms with Gasteiger partial charge in [-0.2, -0.15) is 0 Å². The number of phenolic OH excluding ortho intramolecular Hbond substituents is 1. The molecule has 4 nitrogen and oxygen atoms in total. The summed E-state index contributed by atoms with van der Waals surface area (Å²) in [5.41, 5.74) is 5.52. The molecule has 0 unspecified atom stereocenters. The first-order valence-electron chi connectivity index (χ1n) is 4.46. The molecule has 96 valence electrons. The van der Waals surface area contributed by atoms with Crippen molar-refractivity contribution in [2.45, 2.75) is 12.5 Å². The van der Waals surface area contributed by atoms with Gasteiger partial charge < -0.3 is 15.6 Å². The van der Waals surface area contributed by atoms with Crippen molar-refractivity contribution in [3.8, 4) is 5.75 Å². The summed E-state index contributed by atoms with van der Waals surface area (Å²) in [4.78, 5) is 11.0. The van der Waals surface area contributed by atoms with Crippen molar-refractivity contribution in [3.63, 3.8) is 0 Å². The summed E-state index contributed by atoms with van der Waals surface area (Å²) >= 11 is 3.04. The molecule has 0 aliphatic carbocycles. The maximum absolute atomic E-state index is 13.4. The average molecular weight is 329 g/mol. The highest BCUT2D eigenvalue weighted by atomic mass is 79.9. The van der Waals surface area contributed by atoms with Gasteiger partial charge in [0.2, 0.25) is 0 Å². The Kier molecular flexibility index (Phi) is 6.44. The van der Waals surface area contributed by atoms with Crippen LogP contribution in [0.25, 0.3) is 0 Å². The van der Waals surface area contributed by atoms with E-state index in [1.54, 1.807) is 0 Å². The number of hydrogen-bond acceptors (Lipinski definition) is 4. The van der Waals surface area contributed by atoms with Crippen LogP contribution in [0.3, 0.4) is 0 Å². The Morgan fingerprint density at radius 1 is 1.65 bits per heavy atom. The van der Waals surface area contributed by atoms with Gasteiger partial charge in [0.05, 0.1) is 18.0 Å². The molecule has 0 bridgehead atoms. The number of nitrogens with two attached hydrogens (primary N) is 1. The second-order valence-electron chi connectivity index (χ2n) is 3.18. The Morgan fingerprint density at radius 3 is 2.76 bits per heavy atom. The highest BCUT2D eigenvalue weighted by Gasteiger charge is 2.21. The molecule has 0 spiro atoms. The van der Waals surface area contributed by atoms with Crippen molar-refractivity contribution >= 4 is 34.3 Å². The van der Waals surface area contributed by atoms with Crippen molar-refractivity contribution in [2.75, 3.05) is 7.11 Å². The molecule has 0 amide bonds. The van der Waals surface area contributed by atoms with Crippen LogP contribution >= 0.6 is 28.3 Å². The van der Waals surface area contributed by atoms with E-state index in [2.05, 4.69) is 20.7 Å². The summed E-state index contributed by atoms with van der Waals surface area (Å²) < 4.78 is 18.2. The average Bonchev–Trinajstić information content (AvgIpc) is 2.24. The Hall–Kier alpha value is -0.850.